The highest BCUT2D eigenvalue weighted by atomic mass is 127. The van der Waals surface area contributed by atoms with Gasteiger partial charge in [-0.25, -0.2) is 0 Å². The molecule has 0 aromatic heterocycles. The molecule has 0 N–H and O–H groups in total. The minimum atomic E-state index is 1.01. The first kappa shape index (κ1) is 19.9. The van der Waals surface area contributed by atoms with E-state index in [1.165, 1.54) is 47.7 Å². The summed E-state index contributed by atoms with van der Waals surface area (Å²) in [6.07, 6.45) is 4.43. The molecule has 0 fully saturated rings. The van der Waals surface area contributed by atoms with Crippen molar-refractivity contribution in [3.63, 3.8) is 0 Å². The summed E-state index contributed by atoms with van der Waals surface area (Å²) in [5, 5.41) is 2.57. The summed E-state index contributed by atoms with van der Waals surface area (Å²) in [5.74, 6) is 0. The lowest BCUT2D eigenvalue weighted by atomic mass is 9.94. The first-order valence-electron chi connectivity index (χ1n) is 10.3. The van der Waals surface area contributed by atoms with Crippen molar-refractivity contribution in [3.05, 3.63) is 105 Å². The number of hydrogen-bond donors (Lipinski definition) is 0. The Hall–Kier alpha value is -2.39. The van der Waals surface area contributed by atoms with Crippen molar-refractivity contribution in [1.29, 1.82) is 0 Å². The molecule has 4 rings (SSSR count). The molecule has 1 heteroatoms. The lowest BCUT2D eigenvalue weighted by molar-refractivity contribution is 1.13. The zero-order valence-electron chi connectivity index (χ0n) is 17.0. The summed E-state index contributed by atoms with van der Waals surface area (Å²) in [4.78, 5) is 0. The standard InChI is InChI=1S/C28H25I/c1-3-20-9-5-7-11-23(20)15-21(4-2)26-17-27(19-28(29)18-26)25-14-13-22-10-6-8-12-24(22)16-25/h5-19H,3-4H2,1-2H3/b21-15+. The fraction of sp³-hybridized carbons (Fsp3) is 0.143. The molecule has 0 heterocycles. The van der Waals surface area contributed by atoms with Gasteiger partial charge in [0.1, 0.15) is 0 Å². The Morgan fingerprint density at radius 2 is 1.52 bits per heavy atom. The van der Waals surface area contributed by atoms with Gasteiger partial charge in [-0.1, -0.05) is 80.6 Å². The van der Waals surface area contributed by atoms with Crippen molar-refractivity contribution >= 4 is 45.0 Å². The van der Waals surface area contributed by atoms with Crippen LogP contribution < -0.4 is 0 Å². The van der Waals surface area contributed by atoms with Crippen molar-refractivity contribution in [2.45, 2.75) is 26.7 Å². The van der Waals surface area contributed by atoms with Gasteiger partial charge in [-0.05, 0) is 104 Å². The van der Waals surface area contributed by atoms with Gasteiger partial charge in [0.25, 0.3) is 0 Å². The normalized spacial score (nSPS) is 11.8. The van der Waals surface area contributed by atoms with E-state index >= 15 is 0 Å². The van der Waals surface area contributed by atoms with Crippen molar-refractivity contribution in [3.8, 4) is 11.1 Å². The maximum absolute atomic E-state index is 2.44. The molecule has 0 aliphatic carbocycles. The van der Waals surface area contributed by atoms with Gasteiger partial charge in [0.15, 0.2) is 0 Å². The summed E-state index contributed by atoms with van der Waals surface area (Å²) in [6.45, 7) is 4.47. The second-order valence-corrected chi connectivity index (χ2v) is 8.61. The number of rotatable bonds is 5. The Balaban J connectivity index is 1.80. The van der Waals surface area contributed by atoms with Gasteiger partial charge < -0.3 is 0 Å². The predicted octanol–water partition coefficient (Wildman–Crippen LogP) is 8.62. The molecule has 0 aliphatic rings. The maximum Gasteiger partial charge on any atom is 0.0142 e. The molecule has 29 heavy (non-hydrogen) atoms. The van der Waals surface area contributed by atoms with E-state index in [0.717, 1.165) is 12.8 Å². The van der Waals surface area contributed by atoms with E-state index in [0.29, 0.717) is 0 Å². The van der Waals surface area contributed by atoms with Crippen LogP contribution in [0.15, 0.2) is 84.9 Å². The fourth-order valence-electron chi connectivity index (χ4n) is 3.88. The van der Waals surface area contributed by atoms with Gasteiger partial charge in [-0.2, -0.15) is 0 Å². The van der Waals surface area contributed by atoms with Gasteiger partial charge in [-0.3, -0.25) is 0 Å². The van der Waals surface area contributed by atoms with Gasteiger partial charge in [0, 0.05) is 3.57 Å². The second kappa shape index (κ2) is 8.96. The molecule has 0 saturated heterocycles. The summed E-state index contributed by atoms with van der Waals surface area (Å²) < 4.78 is 1.27. The summed E-state index contributed by atoms with van der Waals surface area (Å²) in [5.41, 5.74) is 7.98. The van der Waals surface area contributed by atoms with Gasteiger partial charge in [0.2, 0.25) is 0 Å². The minimum Gasteiger partial charge on any atom is -0.0620 e. The molecule has 4 aromatic carbocycles. The lowest BCUT2D eigenvalue weighted by Crippen LogP contribution is -1.90. The van der Waals surface area contributed by atoms with Crippen LogP contribution in [-0.4, -0.2) is 0 Å². The van der Waals surface area contributed by atoms with Crippen molar-refractivity contribution in [2.24, 2.45) is 0 Å². The second-order valence-electron chi connectivity index (χ2n) is 7.37. The van der Waals surface area contributed by atoms with Crippen molar-refractivity contribution in [1.82, 2.24) is 0 Å². The number of benzene rings is 4. The summed E-state index contributed by atoms with van der Waals surface area (Å²) in [7, 11) is 0. The van der Waals surface area contributed by atoms with Crippen LogP contribution >= 0.6 is 22.6 Å². The Bertz CT molecular complexity index is 1180. The molecule has 0 radical (unpaired) electrons. The molecular formula is C28H25I. The van der Waals surface area contributed by atoms with Gasteiger partial charge in [-0.15, -0.1) is 0 Å². The van der Waals surface area contributed by atoms with Crippen LogP contribution in [0.25, 0.3) is 33.5 Å². The van der Waals surface area contributed by atoms with E-state index in [-0.39, 0.29) is 0 Å². The zero-order valence-corrected chi connectivity index (χ0v) is 19.1. The number of fused-ring (bicyclic) bond motifs is 1. The van der Waals surface area contributed by atoms with E-state index in [2.05, 4.69) is 127 Å². The SMILES string of the molecule is CC/C(=C\c1ccccc1CC)c1cc(I)cc(-c2ccc3ccccc3c2)c1. The van der Waals surface area contributed by atoms with Gasteiger partial charge >= 0.3 is 0 Å². The molecule has 144 valence electrons. The van der Waals surface area contributed by atoms with Crippen LogP contribution in [0.2, 0.25) is 0 Å². The van der Waals surface area contributed by atoms with E-state index < -0.39 is 0 Å². The molecule has 0 aliphatic heterocycles. The first-order chi connectivity index (χ1) is 14.2. The number of halogens is 1. The van der Waals surface area contributed by atoms with Crippen LogP contribution in [0.4, 0.5) is 0 Å². The van der Waals surface area contributed by atoms with E-state index in [1.54, 1.807) is 0 Å². The fourth-order valence-corrected chi connectivity index (χ4v) is 4.56. The molecule has 4 aromatic rings. The minimum absolute atomic E-state index is 1.01. The van der Waals surface area contributed by atoms with Crippen LogP contribution in [0.1, 0.15) is 37.0 Å². The van der Waals surface area contributed by atoms with Crippen molar-refractivity contribution in [2.75, 3.05) is 0 Å². The monoisotopic (exact) mass is 488 g/mol. The Morgan fingerprint density at radius 1 is 0.759 bits per heavy atom. The highest BCUT2D eigenvalue weighted by Crippen LogP contribution is 2.31. The molecule has 0 atom stereocenters. The third kappa shape index (κ3) is 4.45. The van der Waals surface area contributed by atoms with E-state index in [9.17, 15) is 0 Å². The third-order valence-electron chi connectivity index (χ3n) is 5.50. The number of aryl methyl sites for hydroxylation is 1. The smallest absolute Gasteiger partial charge is 0.0142 e. The van der Waals surface area contributed by atoms with E-state index in [1.807, 2.05) is 0 Å². The van der Waals surface area contributed by atoms with Crippen LogP contribution in [-0.2, 0) is 6.42 Å². The molecule has 0 spiro atoms. The first-order valence-corrected chi connectivity index (χ1v) is 11.3. The van der Waals surface area contributed by atoms with E-state index in [4.69, 9.17) is 0 Å². The van der Waals surface area contributed by atoms with Gasteiger partial charge in [0.05, 0.1) is 0 Å². The average molecular weight is 488 g/mol. The maximum atomic E-state index is 2.44. The Morgan fingerprint density at radius 3 is 2.31 bits per heavy atom. The summed E-state index contributed by atoms with van der Waals surface area (Å²) >= 11 is 2.44. The zero-order chi connectivity index (χ0) is 20.2. The van der Waals surface area contributed by atoms with Crippen LogP contribution in [0, 0.1) is 3.57 Å². The molecular weight excluding hydrogens is 463 g/mol. The predicted molar refractivity (Wildman–Crippen MR) is 136 cm³/mol. The third-order valence-corrected chi connectivity index (χ3v) is 6.12. The Kier molecular flexibility index (Phi) is 6.15. The van der Waals surface area contributed by atoms with Crippen LogP contribution in [0.3, 0.4) is 0 Å². The highest BCUT2D eigenvalue weighted by molar-refractivity contribution is 14.1. The largest absolute Gasteiger partial charge is 0.0620 e. The van der Waals surface area contributed by atoms with Crippen LogP contribution in [0.5, 0.6) is 0 Å². The lowest BCUT2D eigenvalue weighted by Gasteiger charge is -2.12. The Labute approximate surface area is 187 Å². The molecule has 0 unspecified atom stereocenters. The number of allylic oxidation sites excluding steroid dienone is 1. The quantitative estimate of drug-likeness (QED) is 0.195. The topological polar surface area (TPSA) is 0 Å². The summed E-state index contributed by atoms with van der Waals surface area (Å²) in [6, 6.07) is 31.0. The van der Waals surface area contributed by atoms with Crippen molar-refractivity contribution < 1.29 is 0 Å². The molecule has 0 saturated carbocycles. The molecule has 0 nitrogen and oxygen atoms in total. The average Bonchev–Trinajstić information content (AvgIpc) is 2.77. The number of hydrogen-bond acceptors (Lipinski definition) is 0. The highest BCUT2D eigenvalue weighted by Gasteiger charge is 2.08. The molecule has 0 bridgehead atoms. The molecule has 0 amide bonds.